The minimum atomic E-state index is -0.552. The fraction of sp³-hybridized carbons (Fsp3) is 0.421. The SMILES string of the molecule is CCOC(=O)c1c2c(n3c1CCC3)-c1ccccc1OC2(C)C. The van der Waals surface area contributed by atoms with Crippen LogP contribution in [0, 0.1) is 0 Å². The van der Waals surface area contributed by atoms with E-state index in [1.54, 1.807) is 0 Å². The van der Waals surface area contributed by atoms with Crippen LogP contribution in [0.4, 0.5) is 0 Å². The van der Waals surface area contributed by atoms with Gasteiger partial charge in [0, 0.05) is 23.4 Å². The molecule has 0 saturated carbocycles. The molecular formula is C19H21NO3. The van der Waals surface area contributed by atoms with Gasteiger partial charge in [0.2, 0.25) is 0 Å². The number of hydrogen-bond acceptors (Lipinski definition) is 3. The first-order chi connectivity index (χ1) is 11.0. The summed E-state index contributed by atoms with van der Waals surface area (Å²) in [4.78, 5) is 12.6. The number of esters is 1. The van der Waals surface area contributed by atoms with Crippen LogP contribution in [0.25, 0.3) is 11.3 Å². The molecule has 23 heavy (non-hydrogen) atoms. The van der Waals surface area contributed by atoms with Crippen LogP contribution in [0.2, 0.25) is 0 Å². The van der Waals surface area contributed by atoms with E-state index in [2.05, 4.69) is 10.6 Å². The van der Waals surface area contributed by atoms with Crippen molar-refractivity contribution in [1.82, 2.24) is 4.57 Å². The minimum absolute atomic E-state index is 0.226. The molecule has 4 rings (SSSR count). The molecule has 0 saturated heterocycles. The number of carbonyl (C=O) groups is 1. The lowest BCUT2D eigenvalue weighted by Gasteiger charge is -2.34. The van der Waals surface area contributed by atoms with Gasteiger partial charge in [-0.2, -0.15) is 0 Å². The Bertz CT molecular complexity index is 801. The lowest BCUT2D eigenvalue weighted by molar-refractivity contribution is 0.0506. The molecule has 0 radical (unpaired) electrons. The summed E-state index contributed by atoms with van der Waals surface area (Å²) in [7, 11) is 0. The summed E-state index contributed by atoms with van der Waals surface area (Å²) in [5, 5.41) is 0. The van der Waals surface area contributed by atoms with Crippen molar-refractivity contribution in [3.63, 3.8) is 0 Å². The van der Waals surface area contributed by atoms with Crippen molar-refractivity contribution in [1.29, 1.82) is 0 Å². The fourth-order valence-electron chi connectivity index (χ4n) is 3.95. The van der Waals surface area contributed by atoms with Crippen molar-refractivity contribution in [3.8, 4) is 17.0 Å². The quantitative estimate of drug-likeness (QED) is 0.790. The van der Waals surface area contributed by atoms with Crippen LogP contribution in [0.5, 0.6) is 5.75 Å². The Labute approximate surface area is 136 Å². The molecule has 0 spiro atoms. The largest absolute Gasteiger partial charge is 0.482 e. The van der Waals surface area contributed by atoms with E-state index in [1.165, 1.54) is 0 Å². The second kappa shape index (κ2) is 4.88. The molecule has 2 aliphatic rings. The second-order valence-corrected chi connectivity index (χ2v) is 6.63. The van der Waals surface area contributed by atoms with Crippen LogP contribution >= 0.6 is 0 Å². The topological polar surface area (TPSA) is 40.5 Å². The van der Waals surface area contributed by atoms with E-state index in [0.29, 0.717) is 6.61 Å². The summed E-state index contributed by atoms with van der Waals surface area (Å²) < 4.78 is 13.9. The Morgan fingerprint density at radius 3 is 2.91 bits per heavy atom. The van der Waals surface area contributed by atoms with Crippen LogP contribution < -0.4 is 4.74 Å². The molecule has 0 bridgehead atoms. The van der Waals surface area contributed by atoms with Crippen LogP contribution in [0.1, 0.15) is 48.8 Å². The van der Waals surface area contributed by atoms with Gasteiger partial charge in [-0.25, -0.2) is 4.79 Å². The van der Waals surface area contributed by atoms with Gasteiger partial charge in [-0.3, -0.25) is 0 Å². The number of nitrogens with zero attached hydrogens (tertiary/aromatic N) is 1. The summed E-state index contributed by atoms with van der Waals surface area (Å²) in [6.07, 6.45) is 1.98. The predicted molar refractivity (Wildman–Crippen MR) is 87.8 cm³/mol. The minimum Gasteiger partial charge on any atom is -0.482 e. The van der Waals surface area contributed by atoms with Crippen molar-refractivity contribution in [2.75, 3.05) is 6.61 Å². The van der Waals surface area contributed by atoms with Crippen LogP contribution in [0.15, 0.2) is 24.3 Å². The normalized spacial score (nSPS) is 17.0. The number of benzene rings is 1. The molecule has 0 aliphatic carbocycles. The first-order valence-corrected chi connectivity index (χ1v) is 8.26. The van der Waals surface area contributed by atoms with Crippen molar-refractivity contribution >= 4 is 5.97 Å². The third kappa shape index (κ3) is 1.94. The summed E-state index contributed by atoms with van der Waals surface area (Å²) in [6.45, 7) is 7.23. The highest BCUT2D eigenvalue weighted by atomic mass is 16.5. The summed E-state index contributed by atoms with van der Waals surface area (Å²) in [6, 6.07) is 8.08. The van der Waals surface area contributed by atoms with E-state index in [4.69, 9.17) is 9.47 Å². The van der Waals surface area contributed by atoms with Gasteiger partial charge in [0.25, 0.3) is 0 Å². The van der Waals surface area contributed by atoms with E-state index in [1.807, 2.05) is 39.0 Å². The summed E-state index contributed by atoms with van der Waals surface area (Å²) in [5.41, 5.74) is 4.45. The van der Waals surface area contributed by atoms with E-state index >= 15 is 0 Å². The van der Waals surface area contributed by atoms with Crippen molar-refractivity contribution in [2.45, 2.75) is 45.8 Å². The van der Waals surface area contributed by atoms with Gasteiger partial charge < -0.3 is 14.0 Å². The van der Waals surface area contributed by atoms with Gasteiger partial charge in [0.05, 0.1) is 17.9 Å². The maximum atomic E-state index is 12.6. The van der Waals surface area contributed by atoms with Gasteiger partial charge in [0.15, 0.2) is 0 Å². The monoisotopic (exact) mass is 311 g/mol. The van der Waals surface area contributed by atoms with E-state index < -0.39 is 5.60 Å². The smallest absolute Gasteiger partial charge is 0.340 e. The first kappa shape index (κ1) is 14.4. The van der Waals surface area contributed by atoms with Crippen molar-refractivity contribution < 1.29 is 14.3 Å². The van der Waals surface area contributed by atoms with Crippen molar-refractivity contribution in [3.05, 3.63) is 41.1 Å². The maximum absolute atomic E-state index is 12.6. The average Bonchev–Trinajstić information content (AvgIpc) is 3.07. The number of carbonyl (C=O) groups excluding carboxylic acids is 1. The van der Waals surface area contributed by atoms with Gasteiger partial charge in [-0.05, 0) is 45.7 Å². The Kier molecular flexibility index (Phi) is 3.05. The first-order valence-electron chi connectivity index (χ1n) is 8.26. The van der Waals surface area contributed by atoms with Crippen molar-refractivity contribution in [2.24, 2.45) is 0 Å². The Hall–Kier alpha value is -2.23. The van der Waals surface area contributed by atoms with E-state index in [9.17, 15) is 4.79 Å². The van der Waals surface area contributed by atoms with E-state index in [0.717, 1.165) is 53.2 Å². The third-order valence-electron chi connectivity index (χ3n) is 4.76. The highest BCUT2D eigenvalue weighted by Gasteiger charge is 2.43. The third-order valence-corrected chi connectivity index (χ3v) is 4.76. The highest BCUT2D eigenvalue weighted by Crippen LogP contribution is 2.49. The molecule has 0 fully saturated rings. The van der Waals surface area contributed by atoms with Gasteiger partial charge in [-0.1, -0.05) is 12.1 Å². The van der Waals surface area contributed by atoms with Crippen LogP contribution in [-0.4, -0.2) is 17.1 Å². The van der Waals surface area contributed by atoms with Gasteiger partial charge >= 0.3 is 5.97 Å². The molecule has 2 aromatic rings. The number of rotatable bonds is 2. The van der Waals surface area contributed by atoms with E-state index in [-0.39, 0.29) is 5.97 Å². The molecule has 3 heterocycles. The lowest BCUT2D eigenvalue weighted by Crippen LogP contribution is -2.31. The molecule has 2 aliphatic heterocycles. The molecule has 4 nitrogen and oxygen atoms in total. The molecule has 0 unspecified atom stereocenters. The predicted octanol–water partition coefficient (Wildman–Crippen LogP) is 3.91. The Morgan fingerprint density at radius 2 is 2.13 bits per heavy atom. The summed E-state index contributed by atoms with van der Waals surface area (Å²) in [5.74, 6) is 0.656. The number of hydrogen-bond donors (Lipinski definition) is 0. The Morgan fingerprint density at radius 1 is 1.35 bits per heavy atom. The number of ether oxygens (including phenoxy) is 2. The maximum Gasteiger partial charge on any atom is 0.340 e. The number of fused-ring (bicyclic) bond motifs is 5. The molecule has 0 amide bonds. The number of para-hydroxylation sites is 1. The molecule has 4 heteroatoms. The molecule has 0 N–H and O–H groups in total. The van der Waals surface area contributed by atoms with Crippen LogP contribution in [0.3, 0.4) is 0 Å². The molecule has 1 aromatic carbocycles. The average molecular weight is 311 g/mol. The fourth-order valence-corrected chi connectivity index (χ4v) is 3.95. The molecule has 1 aromatic heterocycles. The second-order valence-electron chi connectivity index (χ2n) is 6.63. The van der Waals surface area contributed by atoms with Gasteiger partial charge in [0.1, 0.15) is 11.4 Å². The molecular weight excluding hydrogens is 290 g/mol. The highest BCUT2D eigenvalue weighted by molar-refractivity contribution is 5.97. The molecule has 0 atom stereocenters. The van der Waals surface area contributed by atoms with Crippen LogP contribution in [-0.2, 0) is 23.3 Å². The standard InChI is InChI=1S/C19H21NO3/c1-4-22-18(21)15-13-9-7-11-20(13)17-12-8-5-6-10-14(12)23-19(2,3)16(15)17/h5-6,8,10H,4,7,9,11H2,1-3H3. The zero-order valence-electron chi connectivity index (χ0n) is 13.8. The Balaban J connectivity index is 2.05. The zero-order chi connectivity index (χ0) is 16.2. The zero-order valence-corrected chi connectivity index (χ0v) is 13.8. The summed E-state index contributed by atoms with van der Waals surface area (Å²) >= 11 is 0. The number of aromatic nitrogens is 1. The lowest BCUT2D eigenvalue weighted by atomic mass is 9.87. The van der Waals surface area contributed by atoms with Gasteiger partial charge in [-0.15, -0.1) is 0 Å². The molecule has 120 valence electrons.